The van der Waals surface area contributed by atoms with Crippen LogP contribution in [0.2, 0.25) is 0 Å². The molecule has 1 aliphatic rings. The molecule has 0 aliphatic carbocycles. The van der Waals surface area contributed by atoms with E-state index in [-0.39, 0.29) is 12.2 Å². The monoisotopic (exact) mass is 274 g/mol. The Hall–Kier alpha value is -1.63. The molecular formula is C12H13F3N2O2. The van der Waals surface area contributed by atoms with Crippen LogP contribution in [0.4, 0.5) is 13.2 Å². The second-order valence-electron chi connectivity index (χ2n) is 4.67. The number of hydrogen-bond acceptors (Lipinski definition) is 3. The van der Waals surface area contributed by atoms with E-state index >= 15 is 0 Å². The summed E-state index contributed by atoms with van der Waals surface area (Å²) in [5, 5.41) is 9.51. The van der Waals surface area contributed by atoms with E-state index in [9.17, 15) is 23.1 Å². The van der Waals surface area contributed by atoms with Crippen LogP contribution in [0.1, 0.15) is 22.6 Å². The standard InChI is InChI=1S/C12H13F3N2O2/c1-8-3-2-4-9(16-8)10(18)17-6-5-11(19,7-17)12(13,14)15/h2-4,19H,5-7H2,1H3. The van der Waals surface area contributed by atoms with Crippen molar-refractivity contribution >= 4 is 5.91 Å². The highest BCUT2D eigenvalue weighted by molar-refractivity contribution is 5.92. The highest BCUT2D eigenvalue weighted by Gasteiger charge is 2.57. The molecule has 1 atom stereocenters. The van der Waals surface area contributed by atoms with Crippen LogP contribution in [0.3, 0.4) is 0 Å². The van der Waals surface area contributed by atoms with Crippen LogP contribution in [0.25, 0.3) is 0 Å². The summed E-state index contributed by atoms with van der Waals surface area (Å²) in [6.07, 6.45) is -5.24. The first-order valence-electron chi connectivity index (χ1n) is 5.75. The molecule has 0 bridgehead atoms. The number of aromatic nitrogens is 1. The normalized spacial score (nSPS) is 23.7. The van der Waals surface area contributed by atoms with E-state index in [1.807, 2.05) is 0 Å². The van der Waals surface area contributed by atoms with Crippen LogP contribution >= 0.6 is 0 Å². The zero-order valence-corrected chi connectivity index (χ0v) is 10.2. The number of carbonyl (C=O) groups is 1. The van der Waals surface area contributed by atoms with Gasteiger partial charge in [-0.3, -0.25) is 4.79 Å². The topological polar surface area (TPSA) is 53.4 Å². The summed E-state index contributed by atoms with van der Waals surface area (Å²) in [6, 6.07) is 4.74. The summed E-state index contributed by atoms with van der Waals surface area (Å²) in [5.74, 6) is -0.594. The van der Waals surface area contributed by atoms with Gasteiger partial charge >= 0.3 is 6.18 Å². The molecule has 4 nitrogen and oxygen atoms in total. The Morgan fingerprint density at radius 2 is 2.16 bits per heavy atom. The fourth-order valence-electron chi connectivity index (χ4n) is 2.02. The Morgan fingerprint density at radius 3 is 2.68 bits per heavy atom. The van der Waals surface area contributed by atoms with Crippen molar-refractivity contribution in [1.29, 1.82) is 0 Å². The van der Waals surface area contributed by atoms with Gasteiger partial charge in [0.05, 0.1) is 6.54 Å². The molecule has 2 rings (SSSR count). The summed E-state index contributed by atoms with van der Waals surface area (Å²) >= 11 is 0. The molecule has 1 fully saturated rings. The SMILES string of the molecule is Cc1cccc(C(=O)N2CCC(O)(C(F)(F)F)C2)n1. The van der Waals surface area contributed by atoms with Gasteiger partial charge < -0.3 is 10.0 Å². The average Bonchev–Trinajstić information content (AvgIpc) is 2.72. The molecular weight excluding hydrogens is 261 g/mol. The highest BCUT2D eigenvalue weighted by Crippen LogP contribution is 2.37. The van der Waals surface area contributed by atoms with Crippen LogP contribution in [0.5, 0.6) is 0 Å². The fourth-order valence-corrected chi connectivity index (χ4v) is 2.02. The van der Waals surface area contributed by atoms with Crippen molar-refractivity contribution < 1.29 is 23.1 Å². The molecule has 19 heavy (non-hydrogen) atoms. The van der Waals surface area contributed by atoms with Gasteiger partial charge in [-0.2, -0.15) is 13.2 Å². The van der Waals surface area contributed by atoms with E-state index < -0.39 is 30.7 Å². The number of likely N-dealkylation sites (tertiary alicyclic amines) is 1. The number of aryl methyl sites for hydroxylation is 1. The summed E-state index contributed by atoms with van der Waals surface area (Å²) in [5.41, 5.74) is -2.12. The molecule has 1 aromatic heterocycles. The van der Waals surface area contributed by atoms with E-state index in [1.165, 1.54) is 6.07 Å². The summed E-state index contributed by atoms with van der Waals surface area (Å²) in [7, 11) is 0. The maximum atomic E-state index is 12.6. The van der Waals surface area contributed by atoms with Gasteiger partial charge in [-0.1, -0.05) is 6.07 Å². The molecule has 0 saturated carbocycles. The Kier molecular flexibility index (Phi) is 3.25. The highest BCUT2D eigenvalue weighted by atomic mass is 19.4. The zero-order chi connectivity index (χ0) is 14.3. The van der Waals surface area contributed by atoms with Crippen molar-refractivity contribution in [3.63, 3.8) is 0 Å². The van der Waals surface area contributed by atoms with Crippen molar-refractivity contribution in [3.8, 4) is 0 Å². The van der Waals surface area contributed by atoms with E-state index in [4.69, 9.17) is 0 Å². The van der Waals surface area contributed by atoms with Gasteiger partial charge in [-0.15, -0.1) is 0 Å². The molecule has 2 heterocycles. The number of nitrogens with zero attached hydrogens (tertiary/aromatic N) is 2. The van der Waals surface area contributed by atoms with Crippen molar-refractivity contribution in [2.45, 2.75) is 25.1 Å². The largest absolute Gasteiger partial charge is 0.419 e. The summed E-state index contributed by atoms with van der Waals surface area (Å²) < 4.78 is 37.9. The minimum absolute atomic E-state index is 0.0893. The molecule has 1 saturated heterocycles. The Balaban J connectivity index is 2.16. The van der Waals surface area contributed by atoms with Crippen molar-refractivity contribution in [1.82, 2.24) is 9.88 Å². The molecule has 0 spiro atoms. The van der Waals surface area contributed by atoms with Crippen molar-refractivity contribution in [2.75, 3.05) is 13.1 Å². The molecule has 1 aliphatic heterocycles. The lowest BCUT2D eigenvalue weighted by Gasteiger charge is -2.25. The lowest BCUT2D eigenvalue weighted by Crippen LogP contribution is -2.48. The third-order valence-corrected chi connectivity index (χ3v) is 3.17. The zero-order valence-electron chi connectivity index (χ0n) is 10.2. The molecule has 1 unspecified atom stereocenters. The number of carbonyl (C=O) groups excluding carboxylic acids is 1. The van der Waals surface area contributed by atoms with Gasteiger partial charge in [0, 0.05) is 18.7 Å². The van der Waals surface area contributed by atoms with Gasteiger partial charge in [-0.05, 0) is 19.1 Å². The van der Waals surface area contributed by atoms with Gasteiger partial charge in [0.25, 0.3) is 5.91 Å². The van der Waals surface area contributed by atoms with E-state index in [0.717, 1.165) is 4.90 Å². The first-order chi connectivity index (χ1) is 8.73. The number of pyridine rings is 1. The summed E-state index contributed by atoms with van der Waals surface area (Å²) in [6.45, 7) is 0.808. The molecule has 0 aromatic carbocycles. The average molecular weight is 274 g/mol. The van der Waals surface area contributed by atoms with Crippen molar-refractivity contribution in [3.05, 3.63) is 29.6 Å². The summed E-state index contributed by atoms with van der Waals surface area (Å²) in [4.78, 5) is 17.0. The second-order valence-corrected chi connectivity index (χ2v) is 4.67. The fraction of sp³-hybridized carbons (Fsp3) is 0.500. The third-order valence-electron chi connectivity index (χ3n) is 3.17. The van der Waals surface area contributed by atoms with Gasteiger partial charge in [0.15, 0.2) is 5.60 Å². The van der Waals surface area contributed by atoms with Crippen LogP contribution in [0.15, 0.2) is 18.2 Å². The lowest BCUT2D eigenvalue weighted by molar-refractivity contribution is -0.253. The van der Waals surface area contributed by atoms with Gasteiger partial charge in [0.2, 0.25) is 0 Å². The quantitative estimate of drug-likeness (QED) is 0.845. The number of amides is 1. The Labute approximate surface area is 107 Å². The predicted molar refractivity (Wildman–Crippen MR) is 60.5 cm³/mol. The second kappa shape index (κ2) is 4.48. The van der Waals surface area contributed by atoms with Gasteiger partial charge in [-0.25, -0.2) is 4.98 Å². The first kappa shape index (κ1) is 13.8. The first-order valence-corrected chi connectivity index (χ1v) is 5.75. The van der Waals surface area contributed by atoms with Crippen LogP contribution in [0, 0.1) is 6.92 Å². The molecule has 1 N–H and O–H groups in total. The Bertz CT molecular complexity index is 504. The van der Waals surface area contributed by atoms with Crippen LogP contribution in [-0.2, 0) is 0 Å². The molecule has 1 aromatic rings. The van der Waals surface area contributed by atoms with Crippen molar-refractivity contribution in [2.24, 2.45) is 0 Å². The number of rotatable bonds is 1. The maximum Gasteiger partial charge on any atom is 0.419 e. The van der Waals surface area contributed by atoms with E-state index in [2.05, 4.69) is 4.98 Å². The number of halogens is 3. The number of hydrogen-bond donors (Lipinski definition) is 1. The molecule has 7 heteroatoms. The maximum absolute atomic E-state index is 12.6. The minimum atomic E-state index is -4.73. The Morgan fingerprint density at radius 1 is 1.47 bits per heavy atom. The van der Waals surface area contributed by atoms with E-state index in [0.29, 0.717) is 5.69 Å². The third kappa shape index (κ3) is 2.56. The number of β-amino-alcohol motifs (C(OH)–C–C–N with tert-alkyl or cyclic N) is 1. The van der Waals surface area contributed by atoms with Crippen LogP contribution < -0.4 is 0 Å². The molecule has 104 valence electrons. The minimum Gasteiger partial charge on any atom is -0.379 e. The smallest absolute Gasteiger partial charge is 0.379 e. The van der Waals surface area contributed by atoms with Crippen LogP contribution in [-0.4, -0.2) is 45.8 Å². The van der Waals surface area contributed by atoms with E-state index in [1.54, 1.807) is 19.1 Å². The molecule has 0 radical (unpaired) electrons. The number of aliphatic hydroxyl groups is 1. The molecule has 1 amide bonds. The number of alkyl halides is 3. The predicted octanol–water partition coefficient (Wildman–Crippen LogP) is 1.53. The lowest BCUT2D eigenvalue weighted by atomic mass is 10.0. The van der Waals surface area contributed by atoms with Gasteiger partial charge in [0.1, 0.15) is 5.69 Å².